The summed E-state index contributed by atoms with van der Waals surface area (Å²) in [4.78, 5) is 0. The van der Waals surface area contributed by atoms with Gasteiger partial charge in [0.2, 0.25) is 0 Å². The first-order valence-corrected chi connectivity index (χ1v) is 7.70. The van der Waals surface area contributed by atoms with Crippen LogP contribution in [0.25, 0.3) is 21.8 Å². The number of rotatable bonds is 2. The Labute approximate surface area is 138 Å². The third kappa shape index (κ3) is 2.62. The van der Waals surface area contributed by atoms with E-state index in [-0.39, 0.29) is 23.9 Å². The summed E-state index contributed by atoms with van der Waals surface area (Å²) in [5.74, 6) is 0. The zero-order chi connectivity index (χ0) is 15.2. The lowest BCUT2D eigenvalue weighted by Crippen LogP contribution is -2.26. The average molecular weight is 317 g/mol. The van der Waals surface area contributed by atoms with Gasteiger partial charge in [0.25, 0.3) is 0 Å². The molecule has 0 radical (unpaired) electrons. The summed E-state index contributed by atoms with van der Waals surface area (Å²) in [6.45, 7) is 9.75. The molecule has 0 fully saturated rings. The van der Waals surface area contributed by atoms with Gasteiger partial charge >= 0.3 is 0 Å². The van der Waals surface area contributed by atoms with Crippen LogP contribution in [-0.2, 0) is 6.54 Å². The zero-order valence-corrected chi connectivity index (χ0v) is 14.6. The third-order valence-corrected chi connectivity index (χ3v) is 4.40. The van der Waals surface area contributed by atoms with E-state index in [1.807, 2.05) is 0 Å². The Morgan fingerprint density at radius 2 is 1.64 bits per heavy atom. The van der Waals surface area contributed by atoms with Crippen molar-refractivity contribution in [3.05, 3.63) is 48.0 Å². The molecule has 22 heavy (non-hydrogen) atoms. The fourth-order valence-electron chi connectivity index (χ4n) is 3.11. The van der Waals surface area contributed by atoms with Crippen LogP contribution in [0.1, 0.15) is 39.3 Å². The standard InChI is InChI=1S/C19H24N2.ClH/c1-5-21-16-9-7-6-8-14(16)15-12-13(10-11-17(15)21)18(20)19(2,3)4;/h6-12,18H,5,20H2,1-4H3;1H/t18-;/m1./s1. The van der Waals surface area contributed by atoms with Gasteiger partial charge in [-0.05, 0) is 36.1 Å². The van der Waals surface area contributed by atoms with E-state index in [9.17, 15) is 0 Å². The minimum absolute atomic E-state index is 0. The maximum atomic E-state index is 6.44. The van der Waals surface area contributed by atoms with Crippen LogP contribution in [0.3, 0.4) is 0 Å². The van der Waals surface area contributed by atoms with Gasteiger partial charge in [-0.3, -0.25) is 0 Å². The number of nitrogens with zero attached hydrogens (tertiary/aromatic N) is 1. The fraction of sp³-hybridized carbons (Fsp3) is 0.368. The predicted molar refractivity (Wildman–Crippen MR) is 98.7 cm³/mol. The molecule has 0 spiro atoms. The van der Waals surface area contributed by atoms with Crippen LogP contribution in [0.4, 0.5) is 0 Å². The summed E-state index contributed by atoms with van der Waals surface area (Å²) >= 11 is 0. The largest absolute Gasteiger partial charge is 0.341 e. The molecule has 0 amide bonds. The van der Waals surface area contributed by atoms with E-state index in [0.717, 1.165) is 6.54 Å². The van der Waals surface area contributed by atoms with E-state index in [0.29, 0.717) is 0 Å². The van der Waals surface area contributed by atoms with Crippen molar-refractivity contribution >= 4 is 34.2 Å². The molecule has 1 aromatic heterocycles. The minimum atomic E-state index is 0. The third-order valence-electron chi connectivity index (χ3n) is 4.40. The summed E-state index contributed by atoms with van der Waals surface area (Å²) in [6.07, 6.45) is 0. The van der Waals surface area contributed by atoms with Crippen LogP contribution in [0.2, 0.25) is 0 Å². The molecule has 3 heteroatoms. The number of hydrogen-bond acceptors (Lipinski definition) is 1. The average Bonchev–Trinajstić information content (AvgIpc) is 2.78. The van der Waals surface area contributed by atoms with Gasteiger partial charge < -0.3 is 10.3 Å². The number of fused-ring (bicyclic) bond motifs is 3. The Morgan fingerprint density at radius 1 is 1.00 bits per heavy atom. The molecule has 0 saturated carbocycles. The maximum absolute atomic E-state index is 6.44. The second-order valence-electron chi connectivity index (χ2n) is 6.88. The van der Waals surface area contributed by atoms with Crippen molar-refractivity contribution in [1.82, 2.24) is 4.57 Å². The molecule has 0 unspecified atom stereocenters. The van der Waals surface area contributed by atoms with E-state index in [1.54, 1.807) is 0 Å². The van der Waals surface area contributed by atoms with E-state index >= 15 is 0 Å². The highest BCUT2D eigenvalue weighted by Gasteiger charge is 2.23. The van der Waals surface area contributed by atoms with Crippen molar-refractivity contribution in [2.75, 3.05) is 0 Å². The molecule has 2 aromatic carbocycles. The summed E-state index contributed by atoms with van der Waals surface area (Å²) in [7, 11) is 0. The van der Waals surface area contributed by atoms with Crippen LogP contribution >= 0.6 is 12.4 Å². The number of benzene rings is 2. The lowest BCUT2D eigenvalue weighted by atomic mass is 9.83. The number of halogens is 1. The molecule has 0 saturated heterocycles. The number of aryl methyl sites for hydroxylation is 1. The van der Waals surface area contributed by atoms with Crippen LogP contribution < -0.4 is 5.73 Å². The quantitative estimate of drug-likeness (QED) is 0.685. The lowest BCUT2D eigenvalue weighted by Gasteiger charge is -2.27. The van der Waals surface area contributed by atoms with Gasteiger partial charge in [0.1, 0.15) is 0 Å². The first-order chi connectivity index (χ1) is 9.93. The number of para-hydroxylation sites is 1. The van der Waals surface area contributed by atoms with Gasteiger partial charge in [-0.2, -0.15) is 0 Å². The van der Waals surface area contributed by atoms with Crippen LogP contribution in [0, 0.1) is 5.41 Å². The van der Waals surface area contributed by atoms with Crippen molar-refractivity contribution in [3.63, 3.8) is 0 Å². The van der Waals surface area contributed by atoms with Crippen molar-refractivity contribution in [3.8, 4) is 0 Å². The second-order valence-corrected chi connectivity index (χ2v) is 6.88. The highest BCUT2D eigenvalue weighted by molar-refractivity contribution is 6.08. The SMILES string of the molecule is CCn1c2ccccc2c2cc([C@@H](N)C(C)(C)C)ccc21.Cl. The summed E-state index contributed by atoms with van der Waals surface area (Å²) in [5.41, 5.74) is 10.3. The van der Waals surface area contributed by atoms with Crippen LogP contribution in [0.15, 0.2) is 42.5 Å². The van der Waals surface area contributed by atoms with Gasteiger partial charge in [-0.25, -0.2) is 0 Å². The van der Waals surface area contributed by atoms with Gasteiger partial charge in [0.05, 0.1) is 0 Å². The summed E-state index contributed by atoms with van der Waals surface area (Å²) in [6, 6.07) is 15.3. The Bertz CT molecular complexity index is 796. The molecule has 0 aliphatic rings. The van der Waals surface area contributed by atoms with Gasteiger partial charge in [-0.15, -0.1) is 12.4 Å². The fourth-order valence-corrected chi connectivity index (χ4v) is 3.11. The molecule has 2 nitrogen and oxygen atoms in total. The Kier molecular flexibility index (Phi) is 4.55. The van der Waals surface area contributed by atoms with Crippen LogP contribution in [-0.4, -0.2) is 4.57 Å². The molecule has 0 aliphatic heterocycles. The Hall–Kier alpha value is -1.51. The lowest BCUT2D eigenvalue weighted by molar-refractivity contribution is 0.327. The molecule has 3 aromatic rings. The number of hydrogen-bond donors (Lipinski definition) is 1. The van der Waals surface area contributed by atoms with Gasteiger partial charge in [0, 0.05) is 34.4 Å². The molecule has 1 atom stereocenters. The molecule has 0 aliphatic carbocycles. The van der Waals surface area contributed by atoms with E-state index < -0.39 is 0 Å². The molecular formula is C19H25ClN2. The predicted octanol–water partition coefficient (Wildman–Crippen LogP) is 5.28. The monoisotopic (exact) mass is 316 g/mol. The molecule has 118 valence electrons. The van der Waals surface area contributed by atoms with E-state index in [2.05, 4.69) is 74.7 Å². The second kappa shape index (κ2) is 5.94. The first kappa shape index (κ1) is 16.9. The zero-order valence-electron chi connectivity index (χ0n) is 13.8. The van der Waals surface area contributed by atoms with Crippen molar-refractivity contribution in [1.29, 1.82) is 0 Å². The van der Waals surface area contributed by atoms with Crippen molar-refractivity contribution in [2.24, 2.45) is 11.1 Å². The number of nitrogens with two attached hydrogens (primary N) is 1. The van der Waals surface area contributed by atoms with Gasteiger partial charge in [0.15, 0.2) is 0 Å². The molecular weight excluding hydrogens is 292 g/mol. The molecule has 3 rings (SSSR count). The minimum Gasteiger partial charge on any atom is -0.341 e. The van der Waals surface area contributed by atoms with E-state index in [4.69, 9.17) is 5.73 Å². The maximum Gasteiger partial charge on any atom is 0.0491 e. The topological polar surface area (TPSA) is 30.9 Å². The Balaban J connectivity index is 0.00000176. The van der Waals surface area contributed by atoms with Crippen molar-refractivity contribution in [2.45, 2.75) is 40.3 Å². The smallest absolute Gasteiger partial charge is 0.0491 e. The first-order valence-electron chi connectivity index (χ1n) is 7.70. The summed E-state index contributed by atoms with van der Waals surface area (Å²) in [5, 5.41) is 2.63. The van der Waals surface area contributed by atoms with Crippen LogP contribution in [0.5, 0.6) is 0 Å². The normalized spacial score (nSPS) is 13.3. The molecule has 0 bridgehead atoms. The van der Waals surface area contributed by atoms with E-state index in [1.165, 1.54) is 27.4 Å². The van der Waals surface area contributed by atoms with Crippen molar-refractivity contribution < 1.29 is 0 Å². The Morgan fingerprint density at radius 3 is 2.27 bits per heavy atom. The molecule has 1 heterocycles. The highest BCUT2D eigenvalue weighted by Crippen LogP contribution is 2.35. The highest BCUT2D eigenvalue weighted by atomic mass is 35.5. The molecule has 2 N–H and O–H groups in total. The summed E-state index contributed by atoms with van der Waals surface area (Å²) < 4.78 is 2.37. The number of aromatic nitrogens is 1. The van der Waals surface area contributed by atoms with Gasteiger partial charge in [-0.1, -0.05) is 45.0 Å².